The van der Waals surface area contributed by atoms with Gasteiger partial charge in [-0.1, -0.05) is 19.1 Å². The van der Waals surface area contributed by atoms with Crippen molar-refractivity contribution in [1.29, 1.82) is 0 Å². The first-order chi connectivity index (χ1) is 8.70. The SMILES string of the molecule is CCCOc1cc(N)ccc1-c1ccc(N)cc1.Cl.Cl. The molecule has 0 atom stereocenters. The molecular weight excluding hydrogens is 295 g/mol. The van der Waals surface area contributed by atoms with Crippen LogP contribution in [-0.4, -0.2) is 6.61 Å². The van der Waals surface area contributed by atoms with Crippen molar-refractivity contribution < 1.29 is 4.74 Å². The fraction of sp³-hybridized carbons (Fsp3) is 0.200. The Hall–Kier alpha value is -1.58. The van der Waals surface area contributed by atoms with Gasteiger partial charge in [0.05, 0.1) is 6.61 Å². The minimum Gasteiger partial charge on any atom is -0.493 e. The predicted octanol–water partition coefficient (Wildman–Crippen LogP) is 4.15. The van der Waals surface area contributed by atoms with E-state index in [1.165, 1.54) is 0 Å². The zero-order valence-corrected chi connectivity index (χ0v) is 13.0. The first-order valence-electron chi connectivity index (χ1n) is 6.09. The zero-order chi connectivity index (χ0) is 13.0. The van der Waals surface area contributed by atoms with E-state index in [2.05, 4.69) is 6.92 Å². The summed E-state index contributed by atoms with van der Waals surface area (Å²) in [5, 5.41) is 0. The van der Waals surface area contributed by atoms with Crippen LogP contribution in [0.25, 0.3) is 11.1 Å². The van der Waals surface area contributed by atoms with Gasteiger partial charge in [-0.2, -0.15) is 0 Å². The van der Waals surface area contributed by atoms with Crippen molar-refractivity contribution in [2.24, 2.45) is 0 Å². The number of hydrogen-bond donors (Lipinski definition) is 2. The summed E-state index contributed by atoms with van der Waals surface area (Å²) in [6.07, 6.45) is 0.968. The van der Waals surface area contributed by atoms with Crippen LogP contribution in [-0.2, 0) is 0 Å². The molecule has 0 bridgehead atoms. The van der Waals surface area contributed by atoms with E-state index in [9.17, 15) is 0 Å². The van der Waals surface area contributed by atoms with Gasteiger partial charge in [-0.25, -0.2) is 0 Å². The lowest BCUT2D eigenvalue weighted by Crippen LogP contribution is -1.98. The fourth-order valence-corrected chi connectivity index (χ4v) is 1.77. The summed E-state index contributed by atoms with van der Waals surface area (Å²) in [5.41, 5.74) is 15.1. The van der Waals surface area contributed by atoms with Crippen molar-refractivity contribution in [2.75, 3.05) is 18.1 Å². The van der Waals surface area contributed by atoms with E-state index < -0.39 is 0 Å². The molecule has 3 nitrogen and oxygen atoms in total. The third-order valence-corrected chi connectivity index (χ3v) is 2.69. The van der Waals surface area contributed by atoms with E-state index in [-0.39, 0.29) is 24.8 Å². The number of ether oxygens (including phenoxy) is 1. The summed E-state index contributed by atoms with van der Waals surface area (Å²) >= 11 is 0. The van der Waals surface area contributed by atoms with Crippen molar-refractivity contribution in [3.63, 3.8) is 0 Å². The number of anilines is 2. The molecule has 2 rings (SSSR count). The Bertz CT molecular complexity index is 530. The number of benzene rings is 2. The van der Waals surface area contributed by atoms with E-state index >= 15 is 0 Å². The molecule has 0 aliphatic heterocycles. The summed E-state index contributed by atoms with van der Waals surface area (Å²) in [5.74, 6) is 0.821. The van der Waals surface area contributed by atoms with Gasteiger partial charge in [-0.05, 0) is 36.2 Å². The van der Waals surface area contributed by atoms with Crippen LogP contribution in [0.2, 0.25) is 0 Å². The Morgan fingerprint density at radius 3 is 2.10 bits per heavy atom. The highest BCUT2D eigenvalue weighted by Gasteiger charge is 2.06. The van der Waals surface area contributed by atoms with Crippen molar-refractivity contribution in [3.05, 3.63) is 42.5 Å². The van der Waals surface area contributed by atoms with Crippen LogP contribution in [0.5, 0.6) is 5.75 Å². The molecule has 0 amide bonds. The van der Waals surface area contributed by atoms with Crippen LogP contribution in [0.1, 0.15) is 13.3 Å². The number of halogens is 2. The Morgan fingerprint density at radius 1 is 0.900 bits per heavy atom. The molecule has 2 aromatic carbocycles. The minimum atomic E-state index is 0. The highest BCUT2D eigenvalue weighted by atomic mass is 35.5. The van der Waals surface area contributed by atoms with E-state index in [0.29, 0.717) is 12.3 Å². The monoisotopic (exact) mass is 314 g/mol. The molecule has 20 heavy (non-hydrogen) atoms. The van der Waals surface area contributed by atoms with E-state index in [4.69, 9.17) is 16.2 Å². The number of hydrogen-bond acceptors (Lipinski definition) is 3. The molecular formula is C15H20Cl2N2O. The third-order valence-electron chi connectivity index (χ3n) is 2.69. The van der Waals surface area contributed by atoms with Crippen molar-refractivity contribution in [3.8, 4) is 16.9 Å². The van der Waals surface area contributed by atoms with Gasteiger partial charge < -0.3 is 16.2 Å². The van der Waals surface area contributed by atoms with Crippen molar-refractivity contribution in [1.82, 2.24) is 0 Å². The van der Waals surface area contributed by atoms with Crippen molar-refractivity contribution >= 4 is 36.2 Å². The summed E-state index contributed by atoms with van der Waals surface area (Å²) in [7, 11) is 0. The summed E-state index contributed by atoms with van der Waals surface area (Å²) in [6.45, 7) is 2.76. The lowest BCUT2D eigenvalue weighted by atomic mass is 10.0. The van der Waals surface area contributed by atoms with Crippen LogP contribution in [0.3, 0.4) is 0 Å². The Morgan fingerprint density at radius 2 is 1.50 bits per heavy atom. The molecule has 0 aliphatic carbocycles. The molecule has 0 aliphatic rings. The normalized spacial score (nSPS) is 9.25. The first-order valence-corrected chi connectivity index (χ1v) is 6.09. The molecule has 4 N–H and O–H groups in total. The maximum absolute atomic E-state index is 5.80. The molecule has 2 aromatic rings. The molecule has 0 saturated heterocycles. The number of rotatable bonds is 4. The van der Waals surface area contributed by atoms with Gasteiger partial charge in [0, 0.05) is 23.0 Å². The number of nitrogens with two attached hydrogens (primary N) is 2. The Balaban J connectivity index is 0.00000180. The molecule has 5 heteroatoms. The van der Waals surface area contributed by atoms with Gasteiger partial charge in [0.2, 0.25) is 0 Å². The topological polar surface area (TPSA) is 61.3 Å². The molecule has 0 unspecified atom stereocenters. The maximum atomic E-state index is 5.80. The molecule has 0 radical (unpaired) electrons. The van der Waals surface area contributed by atoms with E-state index in [1.807, 2.05) is 42.5 Å². The molecule has 110 valence electrons. The van der Waals surface area contributed by atoms with Gasteiger partial charge >= 0.3 is 0 Å². The second kappa shape index (κ2) is 8.56. The lowest BCUT2D eigenvalue weighted by Gasteiger charge is -2.12. The Kier molecular flexibility index (Phi) is 7.89. The summed E-state index contributed by atoms with van der Waals surface area (Å²) in [6, 6.07) is 13.5. The minimum absolute atomic E-state index is 0. The van der Waals surface area contributed by atoms with E-state index in [0.717, 1.165) is 29.0 Å². The third kappa shape index (κ3) is 4.51. The highest BCUT2D eigenvalue weighted by molar-refractivity contribution is 5.85. The van der Waals surface area contributed by atoms with Crippen LogP contribution in [0.15, 0.2) is 42.5 Å². The van der Waals surface area contributed by atoms with Crippen LogP contribution in [0.4, 0.5) is 11.4 Å². The quantitative estimate of drug-likeness (QED) is 0.833. The predicted molar refractivity (Wildman–Crippen MR) is 91.0 cm³/mol. The van der Waals surface area contributed by atoms with Gasteiger partial charge in [-0.3, -0.25) is 0 Å². The molecule has 0 spiro atoms. The highest BCUT2D eigenvalue weighted by Crippen LogP contribution is 2.32. The second-order valence-electron chi connectivity index (χ2n) is 4.23. The smallest absolute Gasteiger partial charge is 0.129 e. The van der Waals surface area contributed by atoms with Gasteiger partial charge in [0.25, 0.3) is 0 Å². The molecule has 0 heterocycles. The second-order valence-corrected chi connectivity index (χ2v) is 4.23. The molecule has 0 aromatic heterocycles. The van der Waals surface area contributed by atoms with E-state index in [1.54, 1.807) is 0 Å². The molecule has 0 saturated carbocycles. The average Bonchev–Trinajstić information content (AvgIpc) is 2.38. The van der Waals surface area contributed by atoms with Crippen LogP contribution < -0.4 is 16.2 Å². The van der Waals surface area contributed by atoms with Gasteiger partial charge in [0.1, 0.15) is 5.75 Å². The van der Waals surface area contributed by atoms with Crippen molar-refractivity contribution in [2.45, 2.75) is 13.3 Å². The maximum Gasteiger partial charge on any atom is 0.129 e. The Labute approximate surface area is 132 Å². The standard InChI is InChI=1S/C15H18N2O.2ClH/c1-2-9-18-15-10-13(17)7-8-14(15)11-3-5-12(16)6-4-11;;/h3-8,10H,2,9,16-17H2,1H3;2*1H. The van der Waals surface area contributed by atoms with Crippen LogP contribution in [0, 0.1) is 0 Å². The first kappa shape index (κ1) is 18.4. The zero-order valence-electron chi connectivity index (χ0n) is 11.3. The van der Waals surface area contributed by atoms with Gasteiger partial charge in [-0.15, -0.1) is 24.8 Å². The summed E-state index contributed by atoms with van der Waals surface area (Å²) in [4.78, 5) is 0. The lowest BCUT2D eigenvalue weighted by molar-refractivity contribution is 0.319. The molecule has 0 fully saturated rings. The van der Waals surface area contributed by atoms with Crippen LogP contribution >= 0.6 is 24.8 Å². The fourth-order valence-electron chi connectivity index (χ4n) is 1.77. The largest absolute Gasteiger partial charge is 0.493 e. The number of nitrogen functional groups attached to an aromatic ring is 2. The summed E-state index contributed by atoms with van der Waals surface area (Å²) < 4.78 is 5.74. The van der Waals surface area contributed by atoms with Gasteiger partial charge in [0.15, 0.2) is 0 Å². The average molecular weight is 315 g/mol.